The summed E-state index contributed by atoms with van der Waals surface area (Å²) in [7, 11) is 1.60. The van der Waals surface area contributed by atoms with Crippen LogP contribution in [0.25, 0.3) is 0 Å². The van der Waals surface area contributed by atoms with E-state index in [1.54, 1.807) is 7.11 Å². The summed E-state index contributed by atoms with van der Waals surface area (Å²) >= 11 is 0. The van der Waals surface area contributed by atoms with Crippen LogP contribution < -0.4 is 5.73 Å². The summed E-state index contributed by atoms with van der Waals surface area (Å²) in [5.41, 5.74) is 5.57. The molecule has 66 valence electrons. The third-order valence-electron chi connectivity index (χ3n) is 1.57. The molecule has 0 bridgehead atoms. The van der Waals surface area contributed by atoms with Crippen LogP contribution in [0, 0.1) is 5.92 Å². The van der Waals surface area contributed by atoms with Crippen LogP contribution in [0.1, 0.15) is 20.3 Å². The SMILES string of the molecule is COCC[C@@H](N)C(=O)C(C)C. The Labute approximate surface area is 67.9 Å². The Balaban J connectivity index is 3.64. The van der Waals surface area contributed by atoms with Gasteiger partial charge in [-0.15, -0.1) is 0 Å². The van der Waals surface area contributed by atoms with Gasteiger partial charge in [-0.05, 0) is 6.42 Å². The Morgan fingerprint density at radius 1 is 1.55 bits per heavy atom. The summed E-state index contributed by atoms with van der Waals surface area (Å²) in [4.78, 5) is 11.2. The molecule has 0 aliphatic rings. The molecule has 0 saturated heterocycles. The predicted molar refractivity (Wildman–Crippen MR) is 44.3 cm³/mol. The number of hydrogen-bond acceptors (Lipinski definition) is 3. The molecule has 0 aromatic heterocycles. The third-order valence-corrected chi connectivity index (χ3v) is 1.57. The number of hydrogen-bond donors (Lipinski definition) is 1. The van der Waals surface area contributed by atoms with Gasteiger partial charge in [0.25, 0.3) is 0 Å². The first-order valence-corrected chi connectivity index (χ1v) is 3.87. The molecule has 0 radical (unpaired) electrons. The van der Waals surface area contributed by atoms with Gasteiger partial charge in [0.15, 0.2) is 5.78 Å². The second-order valence-electron chi connectivity index (χ2n) is 2.95. The zero-order valence-electron chi connectivity index (χ0n) is 7.46. The third kappa shape index (κ3) is 4.11. The second kappa shape index (κ2) is 5.27. The van der Waals surface area contributed by atoms with Gasteiger partial charge in [-0.2, -0.15) is 0 Å². The highest BCUT2D eigenvalue weighted by molar-refractivity contribution is 5.85. The molecule has 0 aromatic rings. The lowest BCUT2D eigenvalue weighted by atomic mass is 10.0. The zero-order chi connectivity index (χ0) is 8.85. The molecule has 0 saturated carbocycles. The molecule has 0 amide bonds. The van der Waals surface area contributed by atoms with E-state index in [1.165, 1.54) is 0 Å². The molecule has 0 heterocycles. The van der Waals surface area contributed by atoms with Crippen LogP contribution in [0.5, 0.6) is 0 Å². The fourth-order valence-electron chi connectivity index (χ4n) is 0.815. The van der Waals surface area contributed by atoms with E-state index in [0.717, 1.165) is 0 Å². The number of rotatable bonds is 5. The van der Waals surface area contributed by atoms with Gasteiger partial charge >= 0.3 is 0 Å². The molecule has 0 aromatic carbocycles. The summed E-state index contributed by atoms with van der Waals surface area (Å²) in [5.74, 6) is 0.143. The van der Waals surface area contributed by atoms with Crippen molar-refractivity contribution in [3.63, 3.8) is 0 Å². The van der Waals surface area contributed by atoms with Gasteiger partial charge in [0, 0.05) is 19.6 Å². The lowest BCUT2D eigenvalue weighted by molar-refractivity contribution is -0.123. The number of ketones is 1. The molecule has 0 fully saturated rings. The summed E-state index contributed by atoms with van der Waals surface area (Å²) in [6.07, 6.45) is 0.619. The normalized spacial score (nSPS) is 13.5. The van der Waals surface area contributed by atoms with Gasteiger partial charge in [-0.25, -0.2) is 0 Å². The monoisotopic (exact) mass is 159 g/mol. The highest BCUT2D eigenvalue weighted by atomic mass is 16.5. The molecule has 0 rings (SSSR count). The van der Waals surface area contributed by atoms with Crippen LogP contribution in [-0.2, 0) is 9.53 Å². The van der Waals surface area contributed by atoms with Gasteiger partial charge < -0.3 is 10.5 Å². The van der Waals surface area contributed by atoms with Crippen LogP contribution >= 0.6 is 0 Å². The van der Waals surface area contributed by atoms with Gasteiger partial charge in [0.2, 0.25) is 0 Å². The van der Waals surface area contributed by atoms with Gasteiger partial charge in [-0.1, -0.05) is 13.8 Å². The van der Waals surface area contributed by atoms with Crippen LogP contribution in [0.3, 0.4) is 0 Å². The van der Waals surface area contributed by atoms with E-state index in [4.69, 9.17) is 10.5 Å². The number of methoxy groups -OCH3 is 1. The first-order valence-electron chi connectivity index (χ1n) is 3.87. The molecule has 2 N–H and O–H groups in total. The van der Waals surface area contributed by atoms with Crippen molar-refractivity contribution >= 4 is 5.78 Å². The fraction of sp³-hybridized carbons (Fsp3) is 0.875. The van der Waals surface area contributed by atoms with Crippen molar-refractivity contribution in [2.45, 2.75) is 26.3 Å². The van der Waals surface area contributed by atoms with E-state index >= 15 is 0 Å². The zero-order valence-corrected chi connectivity index (χ0v) is 7.46. The van der Waals surface area contributed by atoms with Crippen LogP contribution in [-0.4, -0.2) is 25.5 Å². The molecular weight excluding hydrogens is 142 g/mol. The first kappa shape index (κ1) is 10.6. The number of carbonyl (C=O) groups is 1. The predicted octanol–water partition coefficient (Wildman–Crippen LogP) is 0.575. The van der Waals surface area contributed by atoms with E-state index in [-0.39, 0.29) is 17.7 Å². The van der Waals surface area contributed by atoms with E-state index in [0.29, 0.717) is 13.0 Å². The average molecular weight is 159 g/mol. The molecule has 0 aliphatic heterocycles. The number of carbonyl (C=O) groups excluding carboxylic acids is 1. The Morgan fingerprint density at radius 3 is 2.45 bits per heavy atom. The van der Waals surface area contributed by atoms with E-state index in [1.807, 2.05) is 13.8 Å². The van der Waals surface area contributed by atoms with Gasteiger partial charge in [0.05, 0.1) is 6.04 Å². The molecule has 0 aliphatic carbocycles. The minimum absolute atomic E-state index is 0.0295. The Morgan fingerprint density at radius 2 is 2.09 bits per heavy atom. The maximum atomic E-state index is 11.2. The van der Waals surface area contributed by atoms with Crippen LogP contribution in [0.2, 0.25) is 0 Å². The lowest BCUT2D eigenvalue weighted by Crippen LogP contribution is -2.34. The first-order chi connectivity index (χ1) is 5.09. The quantitative estimate of drug-likeness (QED) is 0.638. The molecule has 0 unspecified atom stereocenters. The van der Waals surface area contributed by atoms with Crippen LogP contribution in [0.4, 0.5) is 0 Å². The molecule has 3 nitrogen and oxygen atoms in total. The maximum absolute atomic E-state index is 11.2. The van der Waals surface area contributed by atoms with Gasteiger partial charge in [0.1, 0.15) is 0 Å². The molecular formula is C8H17NO2. The van der Waals surface area contributed by atoms with Crippen molar-refractivity contribution < 1.29 is 9.53 Å². The highest BCUT2D eigenvalue weighted by Crippen LogP contribution is 2.00. The molecule has 3 heteroatoms. The Hall–Kier alpha value is -0.410. The Kier molecular flexibility index (Phi) is 5.07. The number of nitrogens with two attached hydrogens (primary N) is 1. The van der Waals surface area contributed by atoms with Crippen molar-refractivity contribution in [1.29, 1.82) is 0 Å². The van der Waals surface area contributed by atoms with E-state index < -0.39 is 0 Å². The van der Waals surface area contributed by atoms with Crippen molar-refractivity contribution in [2.75, 3.05) is 13.7 Å². The molecule has 1 atom stereocenters. The topological polar surface area (TPSA) is 52.3 Å². The van der Waals surface area contributed by atoms with Crippen molar-refractivity contribution in [3.8, 4) is 0 Å². The number of Topliss-reactive ketones (excluding diaryl/α,β-unsaturated/α-hetero) is 1. The second-order valence-corrected chi connectivity index (χ2v) is 2.95. The van der Waals surface area contributed by atoms with E-state index in [9.17, 15) is 4.79 Å². The largest absolute Gasteiger partial charge is 0.385 e. The Bertz CT molecular complexity index is 123. The molecule has 11 heavy (non-hydrogen) atoms. The van der Waals surface area contributed by atoms with Crippen molar-refractivity contribution in [1.82, 2.24) is 0 Å². The summed E-state index contributed by atoms with van der Waals surface area (Å²) in [5, 5.41) is 0. The summed E-state index contributed by atoms with van der Waals surface area (Å²) in [6, 6.07) is -0.352. The van der Waals surface area contributed by atoms with Crippen molar-refractivity contribution in [3.05, 3.63) is 0 Å². The maximum Gasteiger partial charge on any atom is 0.152 e. The average Bonchev–Trinajstić information content (AvgIpc) is 1.98. The fourth-order valence-corrected chi connectivity index (χ4v) is 0.815. The number of ether oxygens (including phenoxy) is 1. The standard InChI is InChI=1S/C8H17NO2/c1-6(2)8(10)7(9)4-5-11-3/h6-7H,4-5,9H2,1-3H3/t7-/m1/s1. The lowest BCUT2D eigenvalue weighted by Gasteiger charge is -2.11. The van der Waals surface area contributed by atoms with E-state index in [2.05, 4.69) is 0 Å². The van der Waals surface area contributed by atoms with Crippen LogP contribution in [0.15, 0.2) is 0 Å². The smallest absolute Gasteiger partial charge is 0.152 e. The minimum Gasteiger partial charge on any atom is -0.385 e. The van der Waals surface area contributed by atoms with Gasteiger partial charge in [-0.3, -0.25) is 4.79 Å². The summed E-state index contributed by atoms with van der Waals surface area (Å²) in [6.45, 7) is 4.27. The summed E-state index contributed by atoms with van der Waals surface area (Å²) < 4.78 is 4.81. The molecule has 0 spiro atoms. The minimum atomic E-state index is -0.352. The highest BCUT2D eigenvalue weighted by Gasteiger charge is 2.15. The van der Waals surface area contributed by atoms with Crippen molar-refractivity contribution in [2.24, 2.45) is 11.7 Å².